The number of hydrogen-bond donors (Lipinski definition) is 3. The molecule has 1 aromatic carbocycles. The van der Waals surface area contributed by atoms with Gasteiger partial charge in [0.15, 0.2) is 0 Å². The zero-order chi connectivity index (χ0) is 14.7. The fourth-order valence-corrected chi connectivity index (χ4v) is 3.82. The number of thioether (sulfide) groups is 1. The van der Waals surface area contributed by atoms with Gasteiger partial charge in [-0.15, -0.1) is 11.8 Å². The molecule has 0 bridgehead atoms. The molecule has 5 nitrogen and oxygen atoms in total. The molecule has 1 amide bonds. The molecule has 1 aliphatic heterocycles. The van der Waals surface area contributed by atoms with E-state index in [4.69, 9.17) is 0 Å². The van der Waals surface area contributed by atoms with Gasteiger partial charge in [0, 0.05) is 17.7 Å². The van der Waals surface area contributed by atoms with Gasteiger partial charge in [-0.05, 0) is 11.8 Å². The molecule has 0 radical (unpaired) electrons. The Morgan fingerprint density at radius 3 is 2.70 bits per heavy atom. The number of aliphatic carboxylic acids is 1. The van der Waals surface area contributed by atoms with Crippen molar-refractivity contribution in [2.24, 2.45) is 0 Å². The van der Waals surface area contributed by atoms with Gasteiger partial charge in [-0.3, -0.25) is 4.79 Å². The summed E-state index contributed by atoms with van der Waals surface area (Å²) in [6, 6.07) is 5.82. The predicted octanol–water partition coefficient (Wildman–Crippen LogP) is 1.74. The van der Waals surface area contributed by atoms with Crippen LogP contribution in [-0.4, -0.2) is 44.5 Å². The lowest BCUT2D eigenvalue weighted by molar-refractivity contribution is -0.149. The third-order valence-corrected chi connectivity index (χ3v) is 4.63. The molecule has 1 aromatic rings. The van der Waals surface area contributed by atoms with Crippen LogP contribution in [0.25, 0.3) is 0 Å². The number of carbonyl (C=O) groups excluding carboxylic acids is 1. The van der Waals surface area contributed by atoms with E-state index in [2.05, 4.69) is 12.6 Å². The number of carboxylic acid groups (broad SMARTS) is 1. The average Bonchev–Trinajstić information content (AvgIpc) is 2.84. The monoisotopic (exact) mass is 313 g/mol. The number of aromatic hydroxyl groups is 1. The highest BCUT2D eigenvalue weighted by Crippen LogP contribution is 2.44. The van der Waals surface area contributed by atoms with Crippen molar-refractivity contribution in [1.82, 2.24) is 4.90 Å². The van der Waals surface area contributed by atoms with Crippen LogP contribution in [0.1, 0.15) is 17.4 Å². The van der Waals surface area contributed by atoms with E-state index in [-0.39, 0.29) is 18.1 Å². The highest BCUT2D eigenvalue weighted by Gasteiger charge is 2.42. The summed E-state index contributed by atoms with van der Waals surface area (Å²) in [6.45, 7) is 0. The number of carbonyl (C=O) groups is 2. The zero-order valence-corrected chi connectivity index (χ0v) is 12.3. The number of thiol groups is 1. The number of phenols is 1. The Hall–Kier alpha value is -1.34. The normalized spacial score (nSPS) is 21.9. The van der Waals surface area contributed by atoms with Crippen molar-refractivity contribution < 1.29 is 19.8 Å². The number of amides is 1. The predicted molar refractivity (Wildman–Crippen MR) is 80.0 cm³/mol. The number of phenolic OH excluding ortho intramolecular Hbond substituents is 1. The van der Waals surface area contributed by atoms with Crippen LogP contribution in [-0.2, 0) is 9.59 Å². The van der Waals surface area contributed by atoms with Crippen molar-refractivity contribution >= 4 is 36.3 Å². The number of carboxylic acids is 1. The maximum Gasteiger partial charge on any atom is 0.327 e. The summed E-state index contributed by atoms with van der Waals surface area (Å²) in [5.41, 5.74) is 0.564. The van der Waals surface area contributed by atoms with Crippen LogP contribution >= 0.6 is 24.4 Å². The number of rotatable bonds is 4. The second-order valence-corrected chi connectivity index (χ2v) is 5.93. The highest BCUT2D eigenvalue weighted by molar-refractivity contribution is 7.99. The van der Waals surface area contributed by atoms with Gasteiger partial charge in [0.2, 0.25) is 5.91 Å². The molecule has 2 atom stereocenters. The fourth-order valence-electron chi connectivity index (χ4n) is 2.16. The van der Waals surface area contributed by atoms with Crippen molar-refractivity contribution in [3.8, 4) is 5.75 Å². The molecular weight excluding hydrogens is 298 g/mol. The smallest absolute Gasteiger partial charge is 0.327 e. The number of nitrogens with zero attached hydrogens (tertiary/aromatic N) is 1. The molecule has 1 heterocycles. The molecule has 0 spiro atoms. The van der Waals surface area contributed by atoms with Crippen LogP contribution in [0, 0.1) is 0 Å². The molecule has 20 heavy (non-hydrogen) atoms. The molecular formula is C13H15NO4S2. The van der Waals surface area contributed by atoms with Crippen molar-refractivity contribution in [3.05, 3.63) is 29.8 Å². The Bertz CT molecular complexity index is 523. The Labute approximate surface area is 126 Å². The number of para-hydroxylation sites is 1. The van der Waals surface area contributed by atoms with Gasteiger partial charge >= 0.3 is 5.97 Å². The first-order valence-corrected chi connectivity index (χ1v) is 7.78. The second kappa shape index (κ2) is 6.41. The maximum absolute atomic E-state index is 12.2. The van der Waals surface area contributed by atoms with E-state index in [0.29, 0.717) is 17.1 Å². The first-order chi connectivity index (χ1) is 9.56. The van der Waals surface area contributed by atoms with Crippen molar-refractivity contribution in [1.29, 1.82) is 0 Å². The lowest BCUT2D eigenvalue weighted by Gasteiger charge is -2.27. The van der Waals surface area contributed by atoms with Gasteiger partial charge in [-0.1, -0.05) is 18.2 Å². The molecule has 0 aromatic heterocycles. The SMILES string of the molecule is O=C(O)[C@H]1CS[C@H](c2ccccc2O)N1C(=O)CCS. The fraction of sp³-hybridized carbons (Fsp3) is 0.385. The van der Waals surface area contributed by atoms with E-state index >= 15 is 0 Å². The first-order valence-electron chi connectivity index (χ1n) is 6.10. The third kappa shape index (κ3) is 2.88. The summed E-state index contributed by atoms with van der Waals surface area (Å²) < 4.78 is 0. The van der Waals surface area contributed by atoms with Gasteiger partial charge in [-0.25, -0.2) is 4.79 Å². The molecule has 0 aliphatic carbocycles. The maximum atomic E-state index is 12.2. The Morgan fingerprint density at radius 1 is 1.40 bits per heavy atom. The van der Waals surface area contributed by atoms with Crippen molar-refractivity contribution in [2.45, 2.75) is 17.8 Å². The lowest BCUT2D eigenvalue weighted by atomic mass is 10.1. The van der Waals surface area contributed by atoms with E-state index < -0.39 is 17.4 Å². The molecule has 7 heteroatoms. The summed E-state index contributed by atoms with van der Waals surface area (Å²) in [4.78, 5) is 24.8. The number of hydrogen-bond acceptors (Lipinski definition) is 5. The Morgan fingerprint density at radius 2 is 2.10 bits per heavy atom. The Kier molecular flexibility index (Phi) is 4.82. The lowest BCUT2D eigenvalue weighted by Crippen LogP contribution is -2.43. The van der Waals surface area contributed by atoms with E-state index in [1.54, 1.807) is 18.2 Å². The molecule has 1 fully saturated rings. The van der Waals surface area contributed by atoms with Gasteiger partial charge < -0.3 is 15.1 Å². The molecule has 108 valence electrons. The topological polar surface area (TPSA) is 77.8 Å². The molecule has 1 saturated heterocycles. The second-order valence-electron chi connectivity index (χ2n) is 4.37. The summed E-state index contributed by atoms with van der Waals surface area (Å²) in [7, 11) is 0. The largest absolute Gasteiger partial charge is 0.508 e. The number of benzene rings is 1. The van der Waals surface area contributed by atoms with Crippen LogP contribution in [0.2, 0.25) is 0 Å². The summed E-state index contributed by atoms with van der Waals surface area (Å²) in [5, 5.41) is 18.7. The van der Waals surface area contributed by atoms with Gasteiger partial charge in [0.05, 0.1) is 0 Å². The van der Waals surface area contributed by atoms with E-state index in [9.17, 15) is 19.8 Å². The minimum Gasteiger partial charge on any atom is -0.508 e. The standard InChI is InChI=1S/C13H15NO4S2/c15-10-4-2-1-3-8(10)12-14(11(16)5-6-19)9(7-20-12)13(17)18/h1-4,9,12,15,19H,5-7H2,(H,17,18)/t9-,12-/m1/s1. The van der Waals surface area contributed by atoms with Gasteiger partial charge in [0.1, 0.15) is 17.2 Å². The van der Waals surface area contributed by atoms with Crippen LogP contribution in [0.3, 0.4) is 0 Å². The quantitative estimate of drug-likeness (QED) is 0.738. The zero-order valence-electron chi connectivity index (χ0n) is 10.6. The average molecular weight is 313 g/mol. The summed E-state index contributed by atoms with van der Waals surface area (Å²) in [5.74, 6) is -0.541. The van der Waals surface area contributed by atoms with E-state index in [1.807, 2.05) is 0 Å². The van der Waals surface area contributed by atoms with Crippen LogP contribution in [0.4, 0.5) is 0 Å². The summed E-state index contributed by atoms with van der Waals surface area (Å²) >= 11 is 5.37. The van der Waals surface area contributed by atoms with Crippen molar-refractivity contribution in [2.75, 3.05) is 11.5 Å². The van der Waals surface area contributed by atoms with Gasteiger partial charge in [-0.2, -0.15) is 12.6 Å². The molecule has 0 unspecified atom stereocenters. The molecule has 0 saturated carbocycles. The van der Waals surface area contributed by atoms with E-state index in [0.717, 1.165) is 0 Å². The molecule has 2 N–H and O–H groups in total. The highest BCUT2D eigenvalue weighted by atomic mass is 32.2. The van der Waals surface area contributed by atoms with E-state index in [1.165, 1.54) is 22.7 Å². The van der Waals surface area contributed by atoms with Crippen LogP contribution in [0.15, 0.2) is 24.3 Å². The molecule has 2 rings (SSSR count). The van der Waals surface area contributed by atoms with Gasteiger partial charge in [0.25, 0.3) is 0 Å². The van der Waals surface area contributed by atoms with Crippen LogP contribution < -0.4 is 0 Å². The third-order valence-electron chi connectivity index (χ3n) is 3.10. The first kappa shape index (κ1) is 15.1. The Balaban J connectivity index is 2.34. The van der Waals surface area contributed by atoms with Crippen LogP contribution in [0.5, 0.6) is 5.75 Å². The minimum absolute atomic E-state index is 0.0692. The minimum atomic E-state index is -1.03. The summed E-state index contributed by atoms with van der Waals surface area (Å²) in [6.07, 6.45) is 0.178. The van der Waals surface area contributed by atoms with Crippen molar-refractivity contribution in [3.63, 3.8) is 0 Å². The molecule has 1 aliphatic rings.